The number of nitrogens with zero attached hydrogens (tertiary/aromatic N) is 2. The topological polar surface area (TPSA) is 189 Å². The maximum atomic E-state index is 14.5. The minimum atomic E-state index is -1.43. The van der Waals surface area contributed by atoms with Crippen molar-refractivity contribution in [2.75, 3.05) is 41.1 Å². The number of halogens is 1. The zero-order chi connectivity index (χ0) is 34.1. The van der Waals surface area contributed by atoms with E-state index in [1.165, 1.54) is 20.2 Å². The molecule has 0 amide bonds. The highest BCUT2D eigenvalue weighted by Crippen LogP contribution is 2.41. The number of hydrogen-bond donors (Lipinski definition) is 4. The van der Waals surface area contributed by atoms with Crippen LogP contribution < -0.4 is 22.3 Å². The van der Waals surface area contributed by atoms with Crippen LogP contribution in [0.25, 0.3) is 22.3 Å². The molecule has 248 valence electrons. The van der Waals surface area contributed by atoms with Crippen LogP contribution in [0.1, 0.15) is 59.8 Å². The van der Waals surface area contributed by atoms with Crippen molar-refractivity contribution in [1.82, 2.24) is 14.9 Å². The van der Waals surface area contributed by atoms with Gasteiger partial charge in [-0.3, -0.25) is 10.1 Å². The molecule has 2 aliphatic rings. The number of pyridine rings is 2. The van der Waals surface area contributed by atoms with Crippen LogP contribution in [0.4, 0.5) is 4.39 Å². The maximum absolute atomic E-state index is 14.5. The maximum Gasteiger partial charge on any atom is 0.257 e. The smallest absolute Gasteiger partial charge is 0.257 e. The zero-order valence-corrected chi connectivity index (χ0v) is 26.9. The summed E-state index contributed by atoms with van der Waals surface area (Å²) in [7, 11) is 4.71. The zero-order valence-electron chi connectivity index (χ0n) is 26.9. The molecular formula is C32H46FN5O7. The summed E-state index contributed by atoms with van der Waals surface area (Å²) in [4.78, 5) is 47.8. The molecule has 0 radical (unpaired) electrons. The molecule has 45 heavy (non-hydrogen) atoms. The van der Waals surface area contributed by atoms with Crippen LogP contribution in [0.2, 0.25) is 0 Å². The van der Waals surface area contributed by atoms with Gasteiger partial charge in [-0.25, -0.2) is 9.37 Å². The monoisotopic (exact) mass is 631 g/mol. The summed E-state index contributed by atoms with van der Waals surface area (Å²) in [6.07, 6.45) is 2.91. The van der Waals surface area contributed by atoms with Crippen LogP contribution in [0.15, 0.2) is 16.9 Å². The van der Waals surface area contributed by atoms with Gasteiger partial charge in [0.15, 0.2) is 6.29 Å². The Hall–Kier alpha value is -3.72. The van der Waals surface area contributed by atoms with Crippen LogP contribution in [0.3, 0.4) is 0 Å². The van der Waals surface area contributed by atoms with Crippen molar-refractivity contribution in [3.8, 4) is 11.4 Å². The highest BCUT2D eigenvalue weighted by Gasteiger charge is 2.31. The number of methoxy groups -OCH3 is 1. The number of nitrogens with two attached hydrogens (primary N) is 2. The third-order valence-corrected chi connectivity index (χ3v) is 6.93. The lowest BCUT2D eigenvalue weighted by atomic mass is 9.85. The first-order valence-corrected chi connectivity index (χ1v) is 14.7. The summed E-state index contributed by atoms with van der Waals surface area (Å²) in [5, 5.41) is 13.9. The molecule has 0 saturated heterocycles. The molecule has 1 aromatic carbocycles. The van der Waals surface area contributed by atoms with E-state index in [0.29, 0.717) is 48.3 Å². The van der Waals surface area contributed by atoms with Crippen LogP contribution in [-0.2, 0) is 49.9 Å². The van der Waals surface area contributed by atoms with Gasteiger partial charge in [0.25, 0.3) is 5.56 Å². The Morgan fingerprint density at radius 3 is 2.33 bits per heavy atom. The average Bonchev–Trinajstić information content (AvgIpc) is 3.45. The lowest BCUT2D eigenvalue weighted by molar-refractivity contribution is -0.115. The van der Waals surface area contributed by atoms with Gasteiger partial charge in [0.1, 0.15) is 31.1 Å². The number of nitrogens with one attached hydrogen (secondary N) is 1. The second-order valence-corrected chi connectivity index (χ2v) is 9.43. The molecule has 6 N–H and O–H groups in total. The predicted molar refractivity (Wildman–Crippen MR) is 172 cm³/mol. The van der Waals surface area contributed by atoms with Gasteiger partial charge >= 0.3 is 0 Å². The van der Waals surface area contributed by atoms with Crippen molar-refractivity contribution in [3.05, 3.63) is 61.7 Å². The number of carbonyl (C=O) groups is 3. The van der Waals surface area contributed by atoms with E-state index < -0.39 is 6.10 Å². The van der Waals surface area contributed by atoms with Crippen molar-refractivity contribution in [2.24, 2.45) is 11.5 Å². The summed E-state index contributed by atoms with van der Waals surface area (Å²) in [6.45, 7) is 6.92. The van der Waals surface area contributed by atoms with Gasteiger partial charge in [0.05, 0.1) is 36.8 Å². The number of rotatable bonds is 9. The number of fused-ring (bicyclic) bond motifs is 4. The van der Waals surface area contributed by atoms with Crippen LogP contribution in [0, 0.1) is 12.7 Å². The Kier molecular flexibility index (Phi) is 17.8. The second kappa shape index (κ2) is 20.3. The van der Waals surface area contributed by atoms with E-state index >= 15 is 0 Å². The third-order valence-electron chi connectivity index (χ3n) is 6.93. The summed E-state index contributed by atoms with van der Waals surface area (Å²) in [6, 6.07) is 3.10. The van der Waals surface area contributed by atoms with Crippen molar-refractivity contribution in [2.45, 2.75) is 59.3 Å². The Morgan fingerprint density at radius 1 is 1.13 bits per heavy atom. The number of hydrogen-bond acceptors (Lipinski definition) is 11. The van der Waals surface area contributed by atoms with E-state index in [1.807, 2.05) is 13.8 Å². The standard InChI is InChI=1S/C23H21FN2O4.C4H9NO2.C2H5NO.C2H6.CH5N/c1-11-12-4-3-5-13-15-8-26-19(22(15)25-18(21(12)13)7-17(11)24)6-14(20(28)9-27)16(10-30-2)23(26)29;1-5-4-7-3-2-6;3-1-2-4;2*1-2/h6-7,9,20,28H,3-5,8,10H2,1-2H3;2,5H,3-4H2,1H3;2H,1,3H2;1-2H3;2H2,1H3. The number of carbonyl (C=O) groups excluding carboxylic acids is 3. The van der Waals surface area contributed by atoms with Gasteiger partial charge in [0, 0.05) is 41.8 Å². The highest BCUT2D eigenvalue weighted by atomic mass is 19.1. The minimum absolute atomic E-state index is 0.00743. The van der Waals surface area contributed by atoms with Gasteiger partial charge in [-0.15, -0.1) is 0 Å². The number of aliphatic hydroxyl groups is 1. The van der Waals surface area contributed by atoms with E-state index in [9.17, 15) is 23.9 Å². The molecule has 3 heterocycles. The van der Waals surface area contributed by atoms with Gasteiger partial charge in [-0.1, -0.05) is 13.8 Å². The van der Waals surface area contributed by atoms with Crippen LogP contribution in [-0.4, -0.2) is 74.6 Å². The quantitative estimate of drug-likeness (QED) is 0.120. The molecule has 0 spiro atoms. The number of benzene rings is 1. The summed E-state index contributed by atoms with van der Waals surface area (Å²) in [5.41, 5.74) is 14.8. The molecule has 1 unspecified atom stereocenters. The molecule has 3 aromatic rings. The van der Waals surface area contributed by atoms with E-state index in [0.717, 1.165) is 47.6 Å². The molecule has 13 heteroatoms. The number of aliphatic hydroxyl groups excluding tert-OH is 1. The van der Waals surface area contributed by atoms with Crippen molar-refractivity contribution in [3.63, 3.8) is 0 Å². The molecular weight excluding hydrogens is 585 g/mol. The molecule has 0 saturated carbocycles. The van der Waals surface area contributed by atoms with E-state index in [1.54, 1.807) is 24.6 Å². The molecule has 2 aromatic heterocycles. The first-order valence-electron chi connectivity index (χ1n) is 14.7. The Balaban J connectivity index is 0.000000572. The Bertz CT molecular complexity index is 1490. The van der Waals surface area contributed by atoms with Gasteiger partial charge < -0.3 is 45.0 Å². The van der Waals surface area contributed by atoms with Crippen molar-refractivity contribution in [1.29, 1.82) is 0 Å². The summed E-state index contributed by atoms with van der Waals surface area (Å²) >= 11 is 0. The van der Waals surface area contributed by atoms with E-state index in [-0.39, 0.29) is 42.3 Å². The predicted octanol–water partition coefficient (Wildman–Crippen LogP) is 1.86. The lowest BCUT2D eigenvalue weighted by Gasteiger charge is -2.21. The molecule has 12 nitrogen and oxygen atoms in total. The highest BCUT2D eigenvalue weighted by molar-refractivity contribution is 5.92. The van der Waals surface area contributed by atoms with Gasteiger partial charge in [-0.05, 0) is 63.0 Å². The Morgan fingerprint density at radius 2 is 1.78 bits per heavy atom. The fourth-order valence-corrected chi connectivity index (χ4v) is 5.16. The SMILES string of the molecule is CC.CN.CNCOCC=O.COCc1c(C(O)C=O)cc2n(c1=O)Cc1c-2nc2cc(F)c(C)c3c2c1CCC3.NCC=O. The number of ether oxygens (including phenoxy) is 2. The van der Waals surface area contributed by atoms with Gasteiger partial charge in [0.2, 0.25) is 0 Å². The lowest BCUT2D eigenvalue weighted by Crippen LogP contribution is -2.26. The molecule has 1 atom stereocenters. The minimum Gasteiger partial charge on any atom is -0.381 e. The van der Waals surface area contributed by atoms with E-state index in [4.69, 9.17) is 14.5 Å². The number of aldehydes is 3. The normalized spacial score (nSPS) is 12.3. The number of aromatic nitrogens is 2. The first kappa shape index (κ1) is 39.3. The summed E-state index contributed by atoms with van der Waals surface area (Å²) in [5.74, 6) is -0.277. The average molecular weight is 632 g/mol. The largest absolute Gasteiger partial charge is 0.381 e. The van der Waals surface area contributed by atoms with E-state index in [2.05, 4.69) is 21.5 Å². The van der Waals surface area contributed by atoms with Crippen LogP contribution in [0.5, 0.6) is 0 Å². The summed E-state index contributed by atoms with van der Waals surface area (Å²) < 4.78 is 25.9. The van der Waals surface area contributed by atoms with Crippen LogP contribution >= 0.6 is 0 Å². The second-order valence-electron chi connectivity index (χ2n) is 9.43. The van der Waals surface area contributed by atoms with Crippen molar-refractivity contribution < 1.29 is 33.4 Å². The van der Waals surface area contributed by atoms with Gasteiger partial charge in [-0.2, -0.15) is 0 Å². The number of aryl methyl sites for hydroxylation is 2. The molecule has 0 fully saturated rings. The molecule has 1 aliphatic heterocycles. The molecule has 1 aliphatic carbocycles. The molecule has 5 rings (SSSR count). The molecule has 0 bridgehead atoms. The first-order chi connectivity index (χ1) is 21.8. The Labute approximate surface area is 262 Å². The fraction of sp³-hybridized carbons (Fsp3) is 0.469. The third kappa shape index (κ3) is 9.16. The van der Waals surface area contributed by atoms with Crippen molar-refractivity contribution >= 4 is 29.8 Å². The fourth-order valence-electron chi connectivity index (χ4n) is 5.16.